The van der Waals surface area contributed by atoms with Crippen LogP contribution in [0.2, 0.25) is 10.6 Å². The lowest BCUT2D eigenvalue weighted by Crippen LogP contribution is -2.06. The molecular weight excluding hydrogens is 2240 g/mol. The summed E-state index contributed by atoms with van der Waals surface area (Å²) in [5.74, 6) is -5.85. The molecule has 0 aliphatic rings. The molecule has 0 spiro atoms. The molecule has 11 aromatic carbocycles. The van der Waals surface area contributed by atoms with E-state index in [1.807, 2.05) is 0 Å². The van der Waals surface area contributed by atoms with Gasteiger partial charge in [0.15, 0.2) is 11.5 Å². The van der Waals surface area contributed by atoms with Crippen LogP contribution in [-0.2, 0) is 132 Å². The maximum absolute atomic E-state index is 13.1. The van der Waals surface area contributed by atoms with E-state index in [4.69, 9.17) is 34.7 Å². The average Bonchev–Trinajstić information content (AvgIpc) is 0.738. The molecule has 0 bridgehead atoms. The third kappa shape index (κ3) is 23.9. The number of halogens is 2. The van der Waals surface area contributed by atoms with Crippen LogP contribution in [0.5, 0.6) is 11.5 Å². The maximum Gasteiger partial charge on any atom is 0.296 e. The number of benzene rings is 11. The van der Waals surface area contributed by atoms with E-state index in [2.05, 4.69) is 102 Å². The third-order valence-electron chi connectivity index (χ3n) is 18.6. The van der Waals surface area contributed by atoms with Crippen molar-refractivity contribution in [3.63, 3.8) is 0 Å². The fraction of sp³-hybridized carbons (Fsp3) is 0. The molecule has 78 heteroatoms. The molecular formula is C66H46Cl2N22O41S13. The van der Waals surface area contributed by atoms with Crippen molar-refractivity contribution in [1.82, 2.24) is 29.9 Å². The minimum Gasteiger partial charge on any atom is -0.505 e. The number of aromatic hydroxyl groups is 2. The van der Waals surface area contributed by atoms with Crippen LogP contribution in [0.3, 0.4) is 0 Å². The summed E-state index contributed by atoms with van der Waals surface area (Å²) in [7, 11) is -71.8. The second-order valence-corrected chi connectivity index (χ2v) is 47.0. The summed E-state index contributed by atoms with van der Waals surface area (Å²) in [6, 6.07) is 12.6. The Morgan fingerprint density at radius 2 is 0.507 bits per heavy atom. The number of nitrogens with two attached hydrogens (primary N) is 2. The van der Waals surface area contributed by atoms with Gasteiger partial charge in [-0.3, -0.25) is 59.2 Å². The van der Waals surface area contributed by atoms with Crippen LogP contribution in [-0.4, -0.2) is 209 Å². The molecule has 13 rings (SSSR count). The monoisotopic (exact) mass is 2290 g/mol. The Labute approximate surface area is 813 Å². The van der Waals surface area contributed by atoms with Gasteiger partial charge in [-0.15, -0.1) is 51.1 Å². The molecule has 0 saturated carbocycles. The van der Waals surface area contributed by atoms with Gasteiger partial charge in [0.25, 0.3) is 132 Å². The number of fused-ring (bicyclic) bond motifs is 3. The number of nitrogen functional groups attached to an aromatic ring is 2. The first-order valence-electron chi connectivity index (χ1n) is 36.2. The van der Waals surface area contributed by atoms with Crippen molar-refractivity contribution in [3.05, 3.63) is 150 Å². The number of nitrogens with zero attached hydrogens (tertiary/aromatic N) is 16. The Morgan fingerprint density at radius 1 is 0.236 bits per heavy atom. The highest BCUT2D eigenvalue weighted by atomic mass is 35.5. The normalized spacial score (nSPS) is 13.4. The van der Waals surface area contributed by atoms with Crippen molar-refractivity contribution in [1.29, 1.82) is 0 Å². The van der Waals surface area contributed by atoms with Crippen LogP contribution >= 0.6 is 23.2 Å². The van der Waals surface area contributed by atoms with Gasteiger partial charge in [0, 0.05) is 22.4 Å². The lowest BCUT2D eigenvalue weighted by Gasteiger charge is -2.14. The molecule has 2 heterocycles. The van der Waals surface area contributed by atoms with E-state index in [1.165, 1.54) is 0 Å². The van der Waals surface area contributed by atoms with Gasteiger partial charge >= 0.3 is 0 Å². The van der Waals surface area contributed by atoms with Gasteiger partial charge in [0.1, 0.15) is 106 Å². The van der Waals surface area contributed by atoms with E-state index in [0.29, 0.717) is 91.0 Å². The number of phenols is 2. The van der Waals surface area contributed by atoms with Gasteiger partial charge in [-0.25, -0.2) is 0 Å². The Morgan fingerprint density at radius 3 is 0.840 bits per heavy atom. The third-order valence-corrected chi connectivity index (χ3v) is 30.3. The molecule has 0 unspecified atom stereocenters. The minimum absolute atomic E-state index is 0.246. The fourth-order valence-corrected chi connectivity index (χ4v) is 21.0. The second kappa shape index (κ2) is 38.0. The fourth-order valence-electron chi connectivity index (χ4n) is 12.6. The number of nitrogens with one attached hydrogen (secondary N) is 4. The zero-order valence-electron chi connectivity index (χ0n) is 68.5. The highest BCUT2D eigenvalue weighted by Gasteiger charge is 2.35. The van der Waals surface area contributed by atoms with E-state index < -0.39 is 359 Å². The molecule has 0 aliphatic carbocycles. The molecule has 23 N–H and O–H groups in total. The highest BCUT2D eigenvalue weighted by Crippen LogP contribution is 2.53. The number of aromatic nitrogens is 6. The summed E-state index contributed by atoms with van der Waals surface area (Å²) in [5, 5.41) is 63.2. The number of phenolic OH excluding ortho intramolecular Hbond substituents is 2. The second-order valence-electron chi connectivity index (χ2n) is 28.1. The summed E-state index contributed by atoms with van der Waals surface area (Å²) >= 11 is 12.8. The quantitative estimate of drug-likeness (QED) is 0.0109. The van der Waals surface area contributed by atoms with Crippen molar-refractivity contribution in [2.45, 2.75) is 63.6 Å². The molecule has 0 aliphatic heterocycles. The first kappa shape index (κ1) is 107. The largest absolute Gasteiger partial charge is 0.505 e. The van der Waals surface area contributed by atoms with E-state index >= 15 is 0 Å². The first-order valence-corrected chi connectivity index (χ1v) is 55.7. The average molecular weight is 2290 g/mol. The van der Waals surface area contributed by atoms with Crippen LogP contribution in [0.25, 0.3) is 32.3 Å². The smallest absolute Gasteiger partial charge is 0.296 e. The van der Waals surface area contributed by atoms with Crippen molar-refractivity contribution in [2.24, 2.45) is 51.1 Å². The molecule has 0 radical (unpaired) electrons. The predicted octanol–water partition coefficient (Wildman–Crippen LogP) is 10.7. The Bertz CT molecular complexity index is 9720. The predicted molar refractivity (Wildman–Crippen MR) is 487 cm³/mol. The Hall–Kier alpha value is -14.0. The highest BCUT2D eigenvalue weighted by molar-refractivity contribution is 7.89. The Balaban J connectivity index is 0.881. The van der Waals surface area contributed by atoms with Crippen LogP contribution in [0.1, 0.15) is 0 Å². The molecule has 0 atom stereocenters. The zero-order chi connectivity index (χ0) is 107. The molecule has 0 saturated heterocycles. The van der Waals surface area contributed by atoms with Crippen molar-refractivity contribution in [3.8, 4) is 11.5 Å². The van der Waals surface area contributed by atoms with Crippen molar-refractivity contribution in [2.75, 3.05) is 32.7 Å². The van der Waals surface area contributed by atoms with Gasteiger partial charge < -0.3 is 42.9 Å². The van der Waals surface area contributed by atoms with E-state index in [9.17, 15) is 179 Å². The molecule has 2 aromatic heterocycles. The SMILES string of the molecule is Nc1c(N=Nc2cc(Nc3nc(Cl)nc(Nc4ccc(N=Nc5cc6c(S(=O)(=O)O)cc(S(=O)(=O)O)cc6cc5S(=O)(=O)O)c(Nc5nc(Cl)nc(Nc6ccc(S(=O)(=O)O)c(N=Nc7c(S(=O)(=O)O)cc8cc(S(=O)(=O)O)c(N=Nc9cc(S(=O)(=O)O)ccc9S(=O)(=O)O)c(O)c8c7N)c6)n5)c4)n3)ccc2S(=O)(=O)O)c(S(=O)(=O)O)cc2cc(S(=O)(=O)O)c(N=Nc3cc(S(=O)(=O)O)ccc3S(=O)(=O)O)c(O)c12. The molecule has 0 fully saturated rings. The lowest BCUT2D eigenvalue weighted by molar-refractivity contribution is 0.471. The van der Waals surface area contributed by atoms with Crippen LogP contribution < -0.4 is 32.7 Å². The van der Waals surface area contributed by atoms with Gasteiger partial charge in [-0.2, -0.15) is 139 Å². The van der Waals surface area contributed by atoms with Gasteiger partial charge in [-0.05, 0) is 179 Å². The number of anilines is 10. The summed E-state index contributed by atoms with van der Waals surface area (Å²) in [5.41, 5.74) is -2.89. The zero-order valence-corrected chi connectivity index (χ0v) is 80.6. The van der Waals surface area contributed by atoms with Crippen LogP contribution in [0, 0.1) is 0 Å². The summed E-state index contributed by atoms with van der Waals surface area (Å²) in [6.45, 7) is 0. The van der Waals surface area contributed by atoms with Gasteiger partial charge in [0.05, 0.1) is 42.5 Å². The Kier molecular flexibility index (Phi) is 28.3. The maximum atomic E-state index is 13.1. The number of hydrogen-bond donors (Lipinski definition) is 21. The van der Waals surface area contributed by atoms with Gasteiger partial charge in [0.2, 0.25) is 34.4 Å². The van der Waals surface area contributed by atoms with Crippen molar-refractivity contribution >= 4 is 302 Å². The standard InChI is InChI=1S/C66H46Cl2N22O41S13/c67-61-75-63(79-64(76-61)72-28-2-7-41(135(102,103)104)36(18-28)83-87-55-47(141(120,121)122)13-25-15-49(143(126,127)128)57(59(91)51(25)53(55)69)89-85-38-20-30(132(93,94)95)4-9-43(38)137(108,109)110)71-27-1-6-34(81-82-40-23-33-24(12-46(40)140(117,118)119)11-32(134(99,100)101)22-45(33)139(114,115)116)35(17-27)74-66-78-62(68)77-65(80-66)73-29-3-8-42(136(105,106)107)37(19-29)84-88-56-48(142(123,124)125)14-26-16-50(144(129,130)131)58(60(92)52(26)54(56)70)90-86-39-21-31(133(96,97)98)5-10-44(39)138(111,112)113/h1-23,91-92H,69-70H2,(H,93,94,95)(H,96,97,98)(H,99,100,101)(H,102,103,104)(H,105,106,107)(H,108,109,110)(H,111,112,113)(H,114,115,116)(H,117,118,119)(H,120,121,122)(H,123,124,125)(H,126,127,128)(H,129,130,131)(H2,71,72,75,76,79)(H2,73,74,77,78,80). The first-order chi connectivity index (χ1) is 66.0. The van der Waals surface area contributed by atoms with Gasteiger partial charge in [-0.1, -0.05) is 0 Å². The summed E-state index contributed by atoms with van der Waals surface area (Å²) in [4.78, 5) is 7.18. The molecule has 63 nitrogen and oxygen atoms in total. The molecule has 144 heavy (non-hydrogen) atoms. The lowest BCUT2D eigenvalue weighted by atomic mass is 10.1. The van der Waals surface area contributed by atoms with E-state index in [0.717, 1.165) is 30.3 Å². The summed E-state index contributed by atoms with van der Waals surface area (Å²) < 4.78 is 461. The molecule has 0 amide bonds. The molecule has 13 aromatic rings. The number of rotatable bonds is 31. The van der Waals surface area contributed by atoms with Crippen LogP contribution in [0.4, 0.5) is 115 Å². The minimum atomic E-state index is -5.76. The van der Waals surface area contributed by atoms with E-state index in [1.54, 1.807) is 0 Å². The number of azo groups is 5. The topological polar surface area (TPSA) is 1050 Å². The van der Waals surface area contributed by atoms with Crippen LogP contribution in [0.15, 0.2) is 254 Å². The van der Waals surface area contributed by atoms with Crippen molar-refractivity contribution < 1.29 is 179 Å². The molecule has 758 valence electrons. The van der Waals surface area contributed by atoms with E-state index in [-0.39, 0.29) is 23.9 Å². The summed E-state index contributed by atoms with van der Waals surface area (Å²) in [6.07, 6.45) is 0. The number of hydrogen-bond acceptors (Lipinski definition) is 50.